The average Bonchev–Trinajstić information content (AvgIpc) is 2.25. The molecule has 1 rings (SSSR count). The van der Waals surface area contributed by atoms with Crippen LogP contribution >= 0.6 is 11.6 Å². The van der Waals surface area contributed by atoms with E-state index < -0.39 is 10.8 Å². The van der Waals surface area contributed by atoms with Crippen molar-refractivity contribution in [3.8, 4) is 0 Å². The minimum Gasteiger partial charge on any atom is -0.351 e. The second-order valence-corrected chi connectivity index (χ2v) is 3.32. The molecule has 0 bridgehead atoms. The zero-order chi connectivity index (χ0) is 12.1. The van der Waals surface area contributed by atoms with Gasteiger partial charge in [0.25, 0.3) is 11.6 Å². The normalized spacial score (nSPS) is 9.88. The third-order valence-corrected chi connectivity index (χ3v) is 2.25. The maximum absolute atomic E-state index is 11.5. The number of halogens is 1. The third kappa shape index (κ3) is 2.68. The number of nitrogens with one attached hydrogen (secondary N) is 1. The Morgan fingerprint density at radius 3 is 2.81 bits per heavy atom. The van der Waals surface area contributed by atoms with Crippen LogP contribution in [0.4, 0.5) is 5.69 Å². The van der Waals surface area contributed by atoms with Gasteiger partial charge in [0.1, 0.15) is 5.02 Å². The van der Waals surface area contributed by atoms with Gasteiger partial charge in [-0.15, -0.1) is 0 Å². The molecule has 0 aliphatic heterocycles. The van der Waals surface area contributed by atoms with Gasteiger partial charge < -0.3 is 11.1 Å². The molecule has 0 unspecified atom stereocenters. The molecule has 0 atom stereocenters. The van der Waals surface area contributed by atoms with E-state index in [-0.39, 0.29) is 29.4 Å². The highest BCUT2D eigenvalue weighted by Gasteiger charge is 2.19. The first kappa shape index (κ1) is 12.4. The Kier molecular flexibility index (Phi) is 4.21. The Labute approximate surface area is 96.5 Å². The van der Waals surface area contributed by atoms with E-state index in [0.29, 0.717) is 0 Å². The quantitative estimate of drug-likeness (QED) is 0.607. The number of hydrogen-bond donors (Lipinski definition) is 2. The molecular formula is C9H10ClN3O3. The van der Waals surface area contributed by atoms with Gasteiger partial charge in [0, 0.05) is 19.2 Å². The van der Waals surface area contributed by atoms with Gasteiger partial charge in [-0.05, 0) is 6.07 Å². The van der Waals surface area contributed by atoms with Crippen molar-refractivity contribution in [1.82, 2.24) is 5.32 Å². The lowest BCUT2D eigenvalue weighted by Gasteiger charge is -2.05. The fourth-order valence-electron chi connectivity index (χ4n) is 1.12. The number of carbonyl (C=O) groups is 1. The summed E-state index contributed by atoms with van der Waals surface area (Å²) in [4.78, 5) is 21.5. The standard InChI is InChI=1S/C9H10ClN3O3/c10-8-6(9(14)12-5-4-11)2-1-3-7(8)13(15)16/h1-3H,4-5,11H2,(H,12,14). The number of rotatable bonds is 4. The van der Waals surface area contributed by atoms with Crippen LogP contribution in [0, 0.1) is 10.1 Å². The van der Waals surface area contributed by atoms with Gasteiger partial charge in [0.05, 0.1) is 10.5 Å². The van der Waals surface area contributed by atoms with Gasteiger partial charge in [-0.3, -0.25) is 14.9 Å². The van der Waals surface area contributed by atoms with Gasteiger partial charge in [0.15, 0.2) is 0 Å². The minimum absolute atomic E-state index is 0.0734. The summed E-state index contributed by atoms with van der Waals surface area (Å²) in [5, 5.41) is 12.9. The maximum atomic E-state index is 11.5. The largest absolute Gasteiger partial charge is 0.351 e. The minimum atomic E-state index is -0.637. The number of hydrogen-bond acceptors (Lipinski definition) is 4. The molecule has 0 aliphatic rings. The number of nitrogens with zero attached hydrogens (tertiary/aromatic N) is 1. The van der Waals surface area contributed by atoms with Crippen molar-refractivity contribution in [1.29, 1.82) is 0 Å². The molecule has 0 heterocycles. The van der Waals surface area contributed by atoms with Crippen molar-refractivity contribution in [2.45, 2.75) is 0 Å². The summed E-state index contributed by atoms with van der Waals surface area (Å²) in [6.07, 6.45) is 0. The highest BCUT2D eigenvalue weighted by Crippen LogP contribution is 2.27. The van der Waals surface area contributed by atoms with E-state index in [1.165, 1.54) is 18.2 Å². The summed E-state index contributed by atoms with van der Waals surface area (Å²) in [5.41, 5.74) is 5.00. The van der Waals surface area contributed by atoms with Crippen LogP contribution in [0.3, 0.4) is 0 Å². The van der Waals surface area contributed by atoms with Crippen molar-refractivity contribution < 1.29 is 9.72 Å². The monoisotopic (exact) mass is 243 g/mol. The number of nitro groups is 1. The predicted octanol–water partition coefficient (Wildman–Crippen LogP) is 0.937. The Balaban J connectivity index is 3.01. The molecule has 0 fully saturated rings. The van der Waals surface area contributed by atoms with Gasteiger partial charge in [0.2, 0.25) is 0 Å². The van der Waals surface area contributed by atoms with Crippen LogP contribution in [0.2, 0.25) is 5.02 Å². The van der Waals surface area contributed by atoms with Gasteiger partial charge in [-0.25, -0.2) is 0 Å². The molecule has 0 spiro atoms. The molecule has 0 aromatic heterocycles. The lowest BCUT2D eigenvalue weighted by Crippen LogP contribution is -2.29. The summed E-state index contributed by atoms with van der Waals surface area (Å²) in [6, 6.07) is 4.06. The molecule has 16 heavy (non-hydrogen) atoms. The molecule has 6 nitrogen and oxygen atoms in total. The number of nitro benzene ring substituents is 1. The van der Waals surface area contributed by atoms with Crippen molar-refractivity contribution >= 4 is 23.2 Å². The van der Waals surface area contributed by atoms with Crippen molar-refractivity contribution in [2.24, 2.45) is 5.73 Å². The first-order valence-electron chi connectivity index (χ1n) is 4.49. The Morgan fingerprint density at radius 1 is 1.56 bits per heavy atom. The molecule has 0 aliphatic carbocycles. The first-order valence-corrected chi connectivity index (χ1v) is 4.87. The molecule has 0 saturated heterocycles. The first-order chi connectivity index (χ1) is 7.57. The summed E-state index contributed by atoms with van der Waals surface area (Å²) in [5.74, 6) is -0.473. The van der Waals surface area contributed by atoms with Crippen LogP contribution in [0.15, 0.2) is 18.2 Å². The van der Waals surface area contributed by atoms with Crippen molar-refractivity contribution in [2.75, 3.05) is 13.1 Å². The van der Waals surface area contributed by atoms with E-state index in [1.807, 2.05) is 0 Å². The second kappa shape index (κ2) is 5.43. The molecule has 1 aromatic carbocycles. The van der Waals surface area contributed by atoms with E-state index >= 15 is 0 Å². The van der Waals surface area contributed by atoms with E-state index in [4.69, 9.17) is 17.3 Å². The van der Waals surface area contributed by atoms with Crippen LogP contribution in [-0.4, -0.2) is 23.9 Å². The fraction of sp³-hybridized carbons (Fsp3) is 0.222. The maximum Gasteiger partial charge on any atom is 0.288 e. The van der Waals surface area contributed by atoms with Crippen LogP contribution < -0.4 is 11.1 Å². The molecule has 0 radical (unpaired) electrons. The van der Waals surface area contributed by atoms with Crippen LogP contribution in [0.25, 0.3) is 0 Å². The van der Waals surface area contributed by atoms with Gasteiger partial charge >= 0.3 is 0 Å². The number of carbonyl (C=O) groups excluding carboxylic acids is 1. The van der Waals surface area contributed by atoms with E-state index in [1.54, 1.807) is 0 Å². The topological polar surface area (TPSA) is 98.3 Å². The third-order valence-electron chi connectivity index (χ3n) is 1.85. The number of nitrogens with two attached hydrogens (primary N) is 1. The predicted molar refractivity (Wildman–Crippen MR) is 59.5 cm³/mol. The van der Waals surface area contributed by atoms with E-state index in [2.05, 4.69) is 5.32 Å². The van der Waals surface area contributed by atoms with Crippen LogP contribution in [0.5, 0.6) is 0 Å². The SMILES string of the molecule is NCCNC(=O)c1cccc([N+](=O)[O-])c1Cl. The van der Waals surface area contributed by atoms with E-state index in [0.717, 1.165) is 0 Å². The molecular weight excluding hydrogens is 234 g/mol. The number of benzene rings is 1. The van der Waals surface area contributed by atoms with Crippen LogP contribution in [0.1, 0.15) is 10.4 Å². The second-order valence-electron chi connectivity index (χ2n) is 2.94. The Bertz CT molecular complexity index is 422. The van der Waals surface area contributed by atoms with Crippen LogP contribution in [-0.2, 0) is 0 Å². The van der Waals surface area contributed by atoms with Crippen molar-refractivity contribution in [3.63, 3.8) is 0 Å². The summed E-state index contributed by atoms with van der Waals surface area (Å²) >= 11 is 5.74. The number of amides is 1. The molecule has 1 aromatic rings. The average molecular weight is 244 g/mol. The lowest BCUT2D eigenvalue weighted by molar-refractivity contribution is -0.384. The zero-order valence-corrected chi connectivity index (χ0v) is 9.03. The highest BCUT2D eigenvalue weighted by atomic mass is 35.5. The van der Waals surface area contributed by atoms with Gasteiger partial charge in [-0.1, -0.05) is 17.7 Å². The molecule has 7 heteroatoms. The van der Waals surface area contributed by atoms with Gasteiger partial charge in [-0.2, -0.15) is 0 Å². The Hall–Kier alpha value is -1.66. The summed E-state index contributed by atoms with van der Waals surface area (Å²) < 4.78 is 0. The zero-order valence-electron chi connectivity index (χ0n) is 8.27. The summed E-state index contributed by atoms with van der Waals surface area (Å²) in [7, 11) is 0. The molecule has 3 N–H and O–H groups in total. The highest BCUT2D eigenvalue weighted by molar-refractivity contribution is 6.35. The molecule has 86 valence electrons. The Morgan fingerprint density at radius 2 is 2.25 bits per heavy atom. The smallest absolute Gasteiger partial charge is 0.288 e. The van der Waals surface area contributed by atoms with E-state index in [9.17, 15) is 14.9 Å². The molecule has 0 saturated carbocycles. The lowest BCUT2D eigenvalue weighted by atomic mass is 10.2. The molecule has 1 amide bonds. The van der Waals surface area contributed by atoms with Crippen molar-refractivity contribution in [3.05, 3.63) is 38.9 Å². The fourth-order valence-corrected chi connectivity index (χ4v) is 1.40. The summed E-state index contributed by atoms with van der Waals surface area (Å²) in [6.45, 7) is 0.580.